The molecule has 0 aliphatic carbocycles. The lowest BCUT2D eigenvalue weighted by atomic mass is 10.1. The molecule has 0 aliphatic rings. The number of fused-ring (bicyclic) bond motifs is 1. The summed E-state index contributed by atoms with van der Waals surface area (Å²) in [6.07, 6.45) is 2.55. The van der Waals surface area contributed by atoms with Gasteiger partial charge < -0.3 is 15.2 Å². The van der Waals surface area contributed by atoms with Crippen LogP contribution in [0.15, 0.2) is 30.5 Å². The fraction of sp³-hybridized carbons (Fsp3) is 0.400. The average Bonchev–Trinajstić information content (AvgIpc) is 2.42. The van der Waals surface area contributed by atoms with Crippen molar-refractivity contribution < 1.29 is 9.47 Å². The quantitative estimate of drug-likeness (QED) is 0.840. The number of pyridine rings is 1. The lowest BCUT2D eigenvalue weighted by molar-refractivity contribution is 0.00558. The number of nitrogens with zero attached hydrogens (tertiary/aromatic N) is 1. The first-order chi connectivity index (χ1) is 9.03. The fourth-order valence-corrected chi connectivity index (χ4v) is 1.80. The van der Waals surface area contributed by atoms with Gasteiger partial charge in [-0.2, -0.15) is 0 Å². The van der Waals surface area contributed by atoms with Gasteiger partial charge in [0, 0.05) is 25.1 Å². The summed E-state index contributed by atoms with van der Waals surface area (Å²) in [5.74, 6) is 0.809. The van der Waals surface area contributed by atoms with Crippen LogP contribution in [0.2, 0.25) is 0 Å². The van der Waals surface area contributed by atoms with Crippen molar-refractivity contribution >= 4 is 16.6 Å². The predicted octanol–water partition coefficient (Wildman–Crippen LogP) is 3.01. The Labute approximate surface area is 113 Å². The molecule has 0 bridgehead atoms. The molecule has 0 unspecified atom stereocenters. The molecule has 19 heavy (non-hydrogen) atoms. The Morgan fingerprint density at radius 2 is 2.05 bits per heavy atom. The third-order valence-corrected chi connectivity index (χ3v) is 3.28. The van der Waals surface area contributed by atoms with Crippen molar-refractivity contribution in [2.24, 2.45) is 0 Å². The SMILES string of the molecule is COC(C)(C)CCOc1ccc(N)c2ncccc12. The van der Waals surface area contributed by atoms with E-state index >= 15 is 0 Å². The molecule has 102 valence electrons. The van der Waals surface area contributed by atoms with Crippen molar-refractivity contribution in [3.63, 3.8) is 0 Å². The van der Waals surface area contributed by atoms with Gasteiger partial charge in [0.2, 0.25) is 0 Å². The Balaban J connectivity index is 2.16. The molecule has 1 heterocycles. The number of nitrogen functional groups attached to an aromatic ring is 1. The van der Waals surface area contributed by atoms with Crippen LogP contribution >= 0.6 is 0 Å². The zero-order chi connectivity index (χ0) is 13.9. The number of benzene rings is 1. The van der Waals surface area contributed by atoms with Gasteiger partial charge in [0.15, 0.2) is 0 Å². The van der Waals surface area contributed by atoms with E-state index in [0.717, 1.165) is 23.1 Å². The van der Waals surface area contributed by atoms with E-state index < -0.39 is 0 Å². The van der Waals surface area contributed by atoms with E-state index in [0.29, 0.717) is 12.3 Å². The maximum Gasteiger partial charge on any atom is 0.128 e. The second-order valence-corrected chi connectivity index (χ2v) is 5.11. The molecule has 0 saturated carbocycles. The largest absolute Gasteiger partial charge is 0.493 e. The van der Waals surface area contributed by atoms with E-state index in [4.69, 9.17) is 15.2 Å². The first kappa shape index (κ1) is 13.6. The van der Waals surface area contributed by atoms with E-state index in [1.165, 1.54) is 0 Å². The van der Waals surface area contributed by atoms with Crippen molar-refractivity contribution in [2.75, 3.05) is 19.5 Å². The van der Waals surface area contributed by atoms with Crippen molar-refractivity contribution in [3.05, 3.63) is 30.5 Å². The maximum atomic E-state index is 5.91. The van der Waals surface area contributed by atoms with E-state index in [-0.39, 0.29) is 5.60 Å². The Bertz CT molecular complexity index is 567. The summed E-state index contributed by atoms with van der Waals surface area (Å²) in [7, 11) is 1.71. The second kappa shape index (κ2) is 5.45. The van der Waals surface area contributed by atoms with E-state index in [9.17, 15) is 0 Å². The highest BCUT2D eigenvalue weighted by Gasteiger charge is 2.16. The second-order valence-electron chi connectivity index (χ2n) is 5.11. The summed E-state index contributed by atoms with van der Waals surface area (Å²) in [5.41, 5.74) is 7.18. The number of aromatic nitrogens is 1. The summed E-state index contributed by atoms with van der Waals surface area (Å²) < 4.78 is 11.2. The lowest BCUT2D eigenvalue weighted by Gasteiger charge is -2.22. The van der Waals surface area contributed by atoms with Crippen LogP contribution in [-0.2, 0) is 4.74 Å². The number of nitrogens with two attached hydrogens (primary N) is 1. The summed E-state index contributed by atoms with van der Waals surface area (Å²) in [4.78, 5) is 4.28. The van der Waals surface area contributed by atoms with Crippen LogP contribution in [0.4, 0.5) is 5.69 Å². The maximum absolute atomic E-state index is 5.91. The van der Waals surface area contributed by atoms with Crippen molar-refractivity contribution in [1.29, 1.82) is 0 Å². The smallest absolute Gasteiger partial charge is 0.128 e. The number of hydrogen-bond acceptors (Lipinski definition) is 4. The van der Waals surface area contributed by atoms with Gasteiger partial charge in [-0.1, -0.05) is 0 Å². The van der Waals surface area contributed by atoms with Crippen molar-refractivity contribution in [3.8, 4) is 5.75 Å². The van der Waals surface area contributed by atoms with E-state index in [1.54, 1.807) is 13.3 Å². The molecule has 0 radical (unpaired) electrons. The van der Waals surface area contributed by atoms with Crippen LogP contribution in [-0.4, -0.2) is 24.3 Å². The molecule has 2 aromatic rings. The molecule has 2 N–H and O–H groups in total. The zero-order valence-corrected chi connectivity index (χ0v) is 11.6. The molecule has 0 saturated heterocycles. The average molecular weight is 260 g/mol. The van der Waals surface area contributed by atoms with Gasteiger partial charge >= 0.3 is 0 Å². The fourth-order valence-electron chi connectivity index (χ4n) is 1.80. The Morgan fingerprint density at radius 3 is 2.79 bits per heavy atom. The summed E-state index contributed by atoms with van der Waals surface area (Å²) in [6, 6.07) is 7.56. The summed E-state index contributed by atoms with van der Waals surface area (Å²) in [6.45, 7) is 4.67. The molecule has 2 rings (SSSR count). The summed E-state index contributed by atoms with van der Waals surface area (Å²) in [5, 5.41) is 0.942. The minimum Gasteiger partial charge on any atom is -0.493 e. The van der Waals surface area contributed by atoms with E-state index in [2.05, 4.69) is 4.98 Å². The van der Waals surface area contributed by atoms with Crippen molar-refractivity contribution in [2.45, 2.75) is 25.9 Å². The van der Waals surface area contributed by atoms with Gasteiger partial charge in [-0.05, 0) is 38.1 Å². The van der Waals surface area contributed by atoms with E-state index in [1.807, 2.05) is 38.1 Å². The monoisotopic (exact) mass is 260 g/mol. The van der Waals surface area contributed by atoms with Crippen molar-refractivity contribution in [1.82, 2.24) is 4.98 Å². The molecule has 4 nitrogen and oxygen atoms in total. The molecule has 1 aromatic carbocycles. The van der Waals surface area contributed by atoms with Gasteiger partial charge in [-0.3, -0.25) is 4.98 Å². The molecule has 4 heteroatoms. The highest BCUT2D eigenvalue weighted by molar-refractivity contribution is 5.93. The first-order valence-corrected chi connectivity index (χ1v) is 6.35. The molecule has 0 spiro atoms. The molecule has 1 aromatic heterocycles. The topological polar surface area (TPSA) is 57.4 Å². The number of rotatable bonds is 5. The lowest BCUT2D eigenvalue weighted by Crippen LogP contribution is -2.25. The number of methoxy groups -OCH3 is 1. The highest BCUT2D eigenvalue weighted by Crippen LogP contribution is 2.28. The first-order valence-electron chi connectivity index (χ1n) is 6.35. The van der Waals surface area contributed by atoms with Crippen LogP contribution in [0.25, 0.3) is 10.9 Å². The van der Waals surface area contributed by atoms with Crippen LogP contribution in [0.1, 0.15) is 20.3 Å². The highest BCUT2D eigenvalue weighted by atomic mass is 16.5. The molecule has 0 aliphatic heterocycles. The standard InChI is InChI=1S/C15H20N2O2/c1-15(2,18-3)8-10-19-13-7-6-12(16)14-11(13)5-4-9-17-14/h4-7,9H,8,10,16H2,1-3H3. The number of hydrogen-bond donors (Lipinski definition) is 1. The number of ether oxygens (including phenoxy) is 2. The molecule has 0 amide bonds. The Hall–Kier alpha value is -1.81. The van der Waals surface area contributed by atoms with Crippen LogP contribution in [0.3, 0.4) is 0 Å². The number of anilines is 1. The molecule has 0 atom stereocenters. The third-order valence-electron chi connectivity index (χ3n) is 3.28. The van der Waals surface area contributed by atoms with Crippen LogP contribution < -0.4 is 10.5 Å². The third kappa shape index (κ3) is 3.15. The molecular weight excluding hydrogens is 240 g/mol. The van der Waals surface area contributed by atoms with Crippen LogP contribution in [0.5, 0.6) is 5.75 Å². The van der Waals surface area contributed by atoms with Gasteiger partial charge in [0.25, 0.3) is 0 Å². The van der Waals surface area contributed by atoms with Crippen LogP contribution in [0, 0.1) is 0 Å². The van der Waals surface area contributed by atoms with Gasteiger partial charge in [0.1, 0.15) is 5.75 Å². The normalized spacial score (nSPS) is 11.7. The minimum absolute atomic E-state index is 0.179. The minimum atomic E-state index is -0.179. The Kier molecular flexibility index (Phi) is 3.90. The van der Waals surface area contributed by atoms with Gasteiger partial charge in [-0.15, -0.1) is 0 Å². The predicted molar refractivity (Wildman–Crippen MR) is 77.4 cm³/mol. The summed E-state index contributed by atoms with van der Waals surface area (Å²) >= 11 is 0. The Morgan fingerprint density at radius 1 is 1.26 bits per heavy atom. The molecule has 0 fully saturated rings. The molecular formula is C15H20N2O2. The zero-order valence-electron chi connectivity index (χ0n) is 11.6. The van der Waals surface area contributed by atoms with Gasteiger partial charge in [0.05, 0.1) is 23.4 Å². The van der Waals surface area contributed by atoms with Gasteiger partial charge in [-0.25, -0.2) is 0 Å².